The fourth-order valence-electron chi connectivity index (χ4n) is 1.28. The fraction of sp³-hybridized carbons (Fsp3) is 0.636. The van der Waals surface area contributed by atoms with E-state index in [0.29, 0.717) is 24.8 Å². The van der Waals surface area contributed by atoms with Crippen LogP contribution in [0.3, 0.4) is 0 Å². The first kappa shape index (κ1) is 14.5. The van der Waals surface area contributed by atoms with Crippen LogP contribution in [-0.2, 0) is 4.74 Å². The molecule has 0 saturated heterocycles. The van der Waals surface area contributed by atoms with Gasteiger partial charge in [0.05, 0.1) is 13.2 Å². The Bertz CT molecular complexity index is 357. The van der Waals surface area contributed by atoms with Crippen molar-refractivity contribution in [3.63, 3.8) is 0 Å². The summed E-state index contributed by atoms with van der Waals surface area (Å²) in [4.78, 5) is 10.2. The highest BCUT2D eigenvalue weighted by Crippen LogP contribution is 2.11. The Morgan fingerprint density at radius 2 is 2.00 bits per heavy atom. The average molecular weight is 254 g/mol. The molecule has 0 saturated carbocycles. The summed E-state index contributed by atoms with van der Waals surface area (Å²) in [6.45, 7) is 2.96. The van der Waals surface area contributed by atoms with Crippen LogP contribution in [-0.4, -0.2) is 62.3 Å². The second kappa shape index (κ2) is 7.67. The highest BCUT2D eigenvalue weighted by atomic mass is 16.5. The third kappa shape index (κ3) is 5.65. The number of likely N-dealkylation sites (N-methyl/N-ethyl adjacent to an activating group) is 1. The summed E-state index contributed by atoms with van der Waals surface area (Å²) in [6, 6.07) is 1.80. The van der Waals surface area contributed by atoms with E-state index >= 15 is 0 Å². The van der Waals surface area contributed by atoms with E-state index in [2.05, 4.69) is 25.5 Å². The van der Waals surface area contributed by atoms with Crippen LogP contribution < -0.4 is 16.4 Å². The Labute approximate surface area is 108 Å². The van der Waals surface area contributed by atoms with Crippen LogP contribution in [0.1, 0.15) is 0 Å². The number of ether oxygens (including phenoxy) is 1. The Hall–Kier alpha value is -1.60. The van der Waals surface area contributed by atoms with Crippen LogP contribution in [0.4, 0.5) is 17.6 Å². The molecule has 0 spiro atoms. The topological polar surface area (TPSA) is 88.3 Å². The number of hydrogen-bond donors (Lipinski definition) is 3. The van der Waals surface area contributed by atoms with Gasteiger partial charge in [0.15, 0.2) is 0 Å². The molecule has 0 aliphatic heterocycles. The lowest BCUT2D eigenvalue weighted by molar-refractivity contribution is 0.126. The predicted molar refractivity (Wildman–Crippen MR) is 73.9 cm³/mol. The standard InChI is InChI=1S/C11H22N6O/c1-13-9-8-10(16-11(12)15-9)14-4-6-18-7-5-17(2)3/h8H,4-7H2,1-3H3,(H4,12,13,14,15,16). The second-order valence-corrected chi connectivity index (χ2v) is 4.09. The number of hydrogen-bond acceptors (Lipinski definition) is 7. The van der Waals surface area contributed by atoms with E-state index in [1.54, 1.807) is 13.1 Å². The zero-order valence-corrected chi connectivity index (χ0v) is 11.2. The number of nitrogens with one attached hydrogen (secondary N) is 2. The molecule has 7 nitrogen and oxygen atoms in total. The second-order valence-electron chi connectivity index (χ2n) is 4.09. The summed E-state index contributed by atoms with van der Waals surface area (Å²) in [5, 5.41) is 6.06. The summed E-state index contributed by atoms with van der Waals surface area (Å²) in [5.74, 6) is 1.64. The molecule has 1 aromatic rings. The quantitative estimate of drug-likeness (QED) is 0.567. The zero-order chi connectivity index (χ0) is 13.4. The molecule has 0 radical (unpaired) electrons. The van der Waals surface area contributed by atoms with Gasteiger partial charge in [0.1, 0.15) is 11.6 Å². The molecule has 0 aromatic carbocycles. The van der Waals surface area contributed by atoms with Gasteiger partial charge in [0, 0.05) is 26.2 Å². The van der Waals surface area contributed by atoms with E-state index < -0.39 is 0 Å². The van der Waals surface area contributed by atoms with Crippen molar-refractivity contribution >= 4 is 17.6 Å². The van der Waals surface area contributed by atoms with Crippen molar-refractivity contribution in [3.05, 3.63) is 6.07 Å². The number of nitrogen functional groups attached to an aromatic ring is 1. The van der Waals surface area contributed by atoms with Gasteiger partial charge in [-0.05, 0) is 14.1 Å². The molecule has 0 unspecified atom stereocenters. The molecule has 0 bridgehead atoms. The summed E-state index contributed by atoms with van der Waals surface area (Å²) in [5.41, 5.74) is 5.58. The van der Waals surface area contributed by atoms with E-state index in [9.17, 15) is 0 Å². The lowest BCUT2D eigenvalue weighted by Gasteiger charge is -2.11. The Morgan fingerprint density at radius 3 is 2.67 bits per heavy atom. The van der Waals surface area contributed by atoms with Crippen LogP contribution in [0.15, 0.2) is 6.07 Å². The third-order valence-electron chi connectivity index (χ3n) is 2.23. The zero-order valence-electron chi connectivity index (χ0n) is 11.2. The molecule has 1 rings (SSSR count). The van der Waals surface area contributed by atoms with Crippen molar-refractivity contribution < 1.29 is 4.74 Å². The van der Waals surface area contributed by atoms with Crippen LogP contribution in [0.2, 0.25) is 0 Å². The highest BCUT2D eigenvalue weighted by molar-refractivity contribution is 5.50. The van der Waals surface area contributed by atoms with Crippen molar-refractivity contribution in [1.29, 1.82) is 0 Å². The minimum absolute atomic E-state index is 0.248. The highest BCUT2D eigenvalue weighted by Gasteiger charge is 2.00. The first-order chi connectivity index (χ1) is 8.61. The minimum atomic E-state index is 0.248. The molecule has 7 heteroatoms. The molecular formula is C11H22N6O. The van der Waals surface area contributed by atoms with Gasteiger partial charge in [0.2, 0.25) is 5.95 Å². The average Bonchev–Trinajstić information content (AvgIpc) is 2.32. The van der Waals surface area contributed by atoms with Gasteiger partial charge < -0.3 is 26.0 Å². The SMILES string of the molecule is CNc1cc(NCCOCCN(C)C)nc(N)n1. The minimum Gasteiger partial charge on any atom is -0.378 e. The Balaban J connectivity index is 2.24. The van der Waals surface area contributed by atoms with Crippen molar-refractivity contribution in [2.45, 2.75) is 0 Å². The van der Waals surface area contributed by atoms with Crippen LogP contribution in [0.5, 0.6) is 0 Å². The monoisotopic (exact) mass is 254 g/mol. The number of nitrogens with zero attached hydrogens (tertiary/aromatic N) is 3. The lowest BCUT2D eigenvalue weighted by Crippen LogP contribution is -2.20. The largest absolute Gasteiger partial charge is 0.378 e. The molecule has 102 valence electrons. The van der Waals surface area contributed by atoms with Crippen LogP contribution in [0, 0.1) is 0 Å². The summed E-state index contributed by atoms with van der Waals surface area (Å²) >= 11 is 0. The van der Waals surface area contributed by atoms with Gasteiger partial charge in [-0.25, -0.2) is 0 Å². The maximum absolute atomic E-state index is 5.58. The molecule has 0 atom stereocenters. The lowest BCUT2D eigenvalue weighted by atomic mass is 10.5. The Kier molecular flexibility index (Phi) is 6.16. The van der Waals surface area contributed by atoms with Gasteiger partial charge >= 0.3 is 0 Å². The first-order valence-corrected chi connectivity index (χ1v) is 5.90. The van der Waals surface area contributed by atoms with Crippen molar-refractivity contribution in [2.24, 2.45) is 0 Å². The van der Waals surface area contributed by atoms with Crippen LogP contribution >= 0.6 is 0 Å². The van der Waals surface area contributed by atoms with E-state index in [-0.39, 0.29) is 5.95 Å². The maximum Gasteiger partial charge on any atom is 0.223 e. The summed E-state index contributed by atoms with van der Waals surface area (Å²) in [6.07, 6.45) is 0. The molecule has 0 fully saturated rings. The summed E-state index contributed by atoms with van der Waals surface area (Å²) in [7, 11) is 5.82. The van der Waals surface area contributed by atoms with E-state index in [0.717, 1.165) is 13.2 Å². The third-order valence-corrected chi connectivity index (χ3v) is 2.23. The number of rotatable bonds is 8. The normalized spacial score (nSPS) is 10.7. The van der Waals surface area contributed by atoms with E-state index in [1.807, 2.05) is 14.1 Å². The van der Waals surface area contributed by atoms with Gasteiger partial charge in [-0.15, -0.1) is 0 Å². The van der Waals surface area contributed by atoms with Gasteiger partial charge in [-0.3, -0.25) is 0 Å². The maximum atomic E-state index is 5.58. The van der Waals surface area contributed by atoms with Crippen molar-refractivity contribution in [2.75, 3.05) is 63.8 Å². The number of anilines is 3. The molecule has 18 heavy (non-hydrogen) atoms. The summed E-state index contributed by atoms with van der Waals surface area (Å²) < 4.78 is 5.46. The molecule has 0 amide bonds. The molecule has 4 N–H and O–H groups in total. The molecule has 1 aromatic heterocycles. The predicted octanol–water partition coefficient (Wildman–Crippen LogP) is 0.0906. The first-order valence-electron chi connectivity index (χ1n) is 5.90. The van der Waals surface area contributed by atoms with Crippen molar-refractivity contribution in [3.8, 4) is 0 Å². The van der Waals surface area contributed by atoms with Gasteiger partial charge in [-0.2, -0.15) is 9.97 Å². The molecule has 1 heterocycles. The molecule has 0 aliphatic rings. The molecule has 0 aliphatic carbocycles. The van der Waals surface area contributed by atoms with Crippen LogP contribution in [0.25, 0.3) is 0 Å². The molecular weight excluding hydrogens is 232 g/mol. The number of nitrogens with two attached hydrogens (primary N) is 1. The fourth-order valence-corrected chi connectivity index (χ4v) is 1.28. The smallest absolute Gasteiger partial charge is 0.223 e. The number of aromatic nitrogens is 2. The van der Waals surface area contributed by atoms with Crippen molar-refractivity contribution in [1.82, 2.24) is 14.9 Å². The Morgan fingerprint density at radius 1 is 1.28 bits per heavy atom. The van der Waals surface area contributed by atoms with Gasteiger partial charge in [-0.1, -0.05) is 0 Å². The van der Waals surface area contributed by atoms with E-state index in [4.69, 9.17) is 10.5 Å². The van der Waals surface area contributed by atoms with Gasteiger partial charge in [0.25, 0.3) is 0 Å². The van der Waals surface area contributed by atoms with E-state index in [1.165, 1.54) is 0 Å².